The summed E-state index contributed by atoms with van der Waals surface area (Å²) in [7, 11) is 0. The van der Waals surface area contributed by atoms with Crippen molar-refractivity contribution in [1.82, 2.24) is 10.2 Å². The first-order chi connectivity index (χ1) is 10.7. The Bertz CT molecular complexity index is 575. The van der Waals surface area contributed by atoms with Gasteiger partial charge < -0.3 is 16.0 Å². The zero-order chi connectivity index (χ0) is 15.5. The lowest BCUT2D eigenvalue weighted by Crippen LogP contribution is -2.45. The molecular weight excluding hydrogens is 314 g/mol. The van der Waals surface area contributed by atoms with Crippen LogP contribution in [0.25, 0.3) is 0 Å². The monoisotopic (exact) mass is 337 g/mol. The molecule has 23 heavy (non-hydrogen) atoms. The summed E-state index contributed by atoms with van der Waals surface area (Å²) in [6, 6.07) is 8.89. The summed E-state index contributed by atoms with van der Waals surface area (Å²) in [5, 5.41) is 2.60. The van der Waals surface area contributed by atoms with Gasteiger partial charge in [-0.25, -0.2) is 0 Å². The van der Waals surface area contributed by atoms with Crippen LogP contribution in [0.4, 0.5) is 0 Å². The number of nitrogens with two attached hydrogens (primary N) is 1. The molecule has 0 aromatic heterocycles. The smallest absolute Gasteiger partial charge is 0.242 e. The van der Waals surface area contributed by atoms with Crippen LogP contribution in [0, 0.1) is 0 Å². The second-order valence-corrected chi connectivity index (χ2v) is 6.12. The van der Waals surface area contributed by atoms with Crippen molar-refractivity contribution in [2.24, 2.45) is 5.73 Å². The number of carbonyl (C=O) groups is 2. The zero-order valence-corrected chi connectivity index (χ0v) is 14.0. The van der Waals surface area contributed by atoms with Gasteiger partial charge in [-0.15, -0.1) is 12.4 Å². The second-order valence-electron chi connectivity index (χ2n) is 6.12. The summed E-state index contributed by atoms with van der Waals surface area (Å²) in [5.74, 6) is -0.279. The number of nitrogens with one attached hydrogen (secondary N) is 1. The number of amides is 2. The summed E-state index contributed by atoms with van der Waals surface area (Å²) in [5.41, 5.74) is 7.90. The van der Waals surface area contributed by atoms with Crippen molar-refractivity contribution in [3.05, 3.63) is 35.4 Å². The van der Waals surface area contributed by atoms with Crippen LogP contribution in [0.3, 0.4) is 0 Å². The van der Waals surface area contributed by atoms with Gasteiger partial charge in [0.15, 0.2) is 0 Å². The van der Waals surface area contributed by atoms with E-state index >= 15 is 0 Å². The lowest BCUT2D eigenvalue weighted by molar-refractivity contribution is -0.135. The molecule has 2 amide bonds. The van der Waals surface area contributed by atoms with Gasteiger partial charge in [0, 0.05) is 6.04 Å². The van der Waals surface area contributed by atoms with E-state index in [2.05, 4.69) is 23.5 Å². The predicted molar refractivity (Wildman–Crippen MR) is 91.3 cm³/mol. The zero-order valence-electron chi connectivity index (χ0n) is 13.2. The predicted octanol–water partition coefficient (Wildman–Crippen LogP) is 1.55. The molecule has 5 nitrogen and oxygen atoms in total. The van der Waals surface area contributed by atoms with Crippen molar-refractivity contribution < 1.29 is 9.59 Å². The molecule has 1 fully saturated rings. The van der Waals surface area contributed by atoms with E-state index < -0.39 is 0 Å². The van der Waals surface area contributed by atoms with Crippen molar-refractivity contribution in [2.45, 2.75) is 44.2 Å². The normalized spacial score (nSPS) is 19.3. The lowest BCUT2D eigenvalue weighted by atomic mass is 9.86. The SMILES string of the molecule is Cl.NCC(=O)NCC(=O)N(C1CC1)C1CCCc2ccccc21. The first-order valence-corrected chi connectivity index (χ1v) is 8.06. The Labute approximate surface area is 143 Å². The van der Waals surface area contributed by atoms with Crippen molar-refractivity contribution in [1.29, 1.82) is 0 Å². The van der Waals surface area contributed by atoms with E-state index in [1.165, 1.54) is 11.1 Å². The highest BCUT2D eigenvalue weighted by molar-refractivity contribution is 5.86. The van der Waals surface area contributed by atoms with E-state index in [4.69, 9.17) is 5.73 Å². The summed E-state index contributed by atoms with van der Waals surface area (Å²) in [6.45, 7) is -0.0336. The number of rotatable bonds is 5. The third-order valence-corrected chi connectivity index (χ3v) is 4.52. The van der Waals surface area contributed by atoms with Gasteiger partial charge in [0.05, 0.1) is 19.1 Å². The Balaban J connectivity index is 0.00000192. The minimum atomic E-state index is -0.284. The van der Waals surface area contributed by atoms with Gasteiger partial charge in [-0.1, -0.05) is 24.3 Å². The first kappa shape index (κ1) is 17.8. The van der Waals surface area contributed by atoms with E-state index in [0.29, 0.717) is 6.04 Å². The van der Waals surface area contributed by atoms with E-state index in [0.717, 1.165) is 32.1 Å². The highest BCUT2D eigenvalue weighted by Gasteiger charge is 2.39. The molecule has 1 aromatic carbocycles. The molecule has 1 saturated carbocycles. The standard InChI is InChI=1S/C17H23N3O2.ClH/c18-10-16(21)19-11-17(22)20(13-8-9-13)15-7-3-5-12-4-1-2-6-14(12)15;/h1-2,4,6,13,15H,3,5,7-11,18H2,(H,19,21);1H. The number of halogens is 1. The molecule has 6 heteroatoms. The van der Waals surface area contributed by atoms with Crippen LogP contribution >= 0.6 is 12.4 Å². The summed E-state index contributed by atoms with van der Waals surface area (Å²) in [6.07, 6.45) is 5.32. The Kier molecular flexibility index (Phi) is 6.02. The molecule has 0 bridgehead atoms. The fraction of sp³-hybridized carbons (Fsp3) is 0.529. The van der Waals surface area contributed by atoms with Crippen LogP contribution in [0.2, 0.25) is 0 Å². The van der Waals surface area contributed by atoms with Crippen LogP contribution in [-0.2, 0) is 16.0 Å². The molecule has 0 saturated heterocycles. The number of aryl methyl sites for hydroxylation is 1. The number of hydrogen-bond donors (Lipinski definition) is 2. The topological polar surface area (TPSA) is 75.4 Å². The van der Waals surface area contributed by atoms with Crippen LogP contribution in [0.5, 0.6) is 0 Å². The maximum Gasteiger partial charge on any atom is 0.242 e. The number of benzene rings is 1. The number of nitrogens with zero attached hydrogens (tertiary/aromatic N) is 1. The summed E-state index contributed by atoms with van der Waals surface area (Å²) >= 11 is 0. The van der Waals surface area contributed by atoms with Gasteiger partial charge in [-0.2, -0.15) is 0 Å². The minimum absolute atomic E-state index is 0. The third kappa shape index (κ3) is 4.03. The molecule has 1 unspecified atom stereocenters. The highest BCUT2D eigenvalue weighted by atomic mass is 35.5. The maximum atomic E-state index is 12.6. The Morgan fingerprint density at radius 3 is 2.65 bits per heavy atom. The molecule has 1 atom stereocenters. The van der Waals surface area contributed by atoms with E-state index in [1.54, 1.807) is 0 Å². The Morgan fingerprint density at radius 2 is 1.96 bits per heavy atom. The van der Waals surface area contributed by atoms with Gasteiger partial charge in [0.2, 0.25) is 11.8 Å². The number of carbonyl (C=O) groups excluding carboxylic acids is 2. The van der Waals surface area contributed by atoms with E-state index in [-0.39, 0.29) is 43.4 Å². The summed E-state index contributed by atoms with van der Waals surface area (Å²) in [4.78, 5) is 25.9. The largest absolute Gasteiger partial charge is 0.346 e. The van der Waals surface area contributed by atoms with Gasteiger partial charge in [0.1, 0.15) is 0 Å². The first-order valence-electron chi connectivity index (χ1n) is 8.06. The quantitative estimate of drug-likeness (QED) is 0.856. The molecule has 1 aromatic rings. The molecule has 2 aliphatic rings. The number of fused-ring (bicyclic) bond motifs is 1. The molecule has 126 valence electrons. The Hall–Kier alpha value is -1.59. The van der Waals surface area contributed by atoms with Crippen molar-refractivity contribution >= 4 is 24.2 Å². The second kappa shape index (κ2) is 7.79. The average molecular weight is 338 g/mol. The fourth-order valence-corrected chi connectivity index (χ4v) is 3.34. The van der Waals surface area contributed by atoms with E-state index in [9.17, 15) is 9.59 Å². The highest BCUT2D eigenvalue weighted by Crippen LogP contribution is 2.40. The van der Waals surface area contributed by atoms with Crippen LogP contribution in [-0.4, -0.2) is 35.8 Å². The number of hydrogen-bond acceptors (Lipinski definition) is 3. The van der Waals surface area contributed by atoms with Crippen LogP contribution in [0.1, 0.15) is 42.9 Å². The summed E-state index contributed by atoms with van der Waals surface area (Å²) < 4.78 is 0. The lowest BCUT2D eigenvalue weighted by Gasteiger charge is -2.36. The van der Waals surface area contributed by atoms with Gasteiger partial charge in [0.25, 0.3) is 0 Å². The van der Waals surface area contributed by atoms with Gasteiger partial charge in [-0.05, 0) is 43.2 Å². The molecule has 3 rings (SSSR count). The third-order valence-electron chi connectivity index (χ3n) is 4.52. The average Bonchev–Trinajstić information content (AvgIpc) is 3.38. The van der Waals surface area contributed by atoms with Crippen LogP contribution in [0.15, 0.2) is 24.3 Å². The van der Waals surface area contributed by atoms with Gasteiger partial charge >= 0.3 is 0 Å². The molecular formula is C17H24ClN3O2. The molecule has 0 heterocycles. The minimum Gasteiger partial charge on any atom is -0.346 e. The maximum absolute atomic E-state index is 12.6. The molecule has 2 aliphatic carbocycles. The fourth-order valence-electron chi connectivity index (χ4n) is 3.34. The molecule has 3 N–H and O–H groups in total. The van der Waals surface area contributed by atoms with E-state index in [1.807, 2.05) is 11.0 Å². The van der Waals surface area contributed by atoms with Crippen molar-refractivity contribution in [3.8, 4) is 0 Å². The molecule has 0 spiro atoms. The molecule has 0 aliphatic heterocycles. The molecule has 0 radical (unpaired) electrons. The van der Waals surface area contributed by atoms with Crippen molar-refractivity contribution in [3.63, 3.8) is 0 Å². The Morgan fingerprint density at radius 1 is 1.22 bits per heavy atom. The van der Waals surface area contributed by atoms with Crippen LogP contribution < -0.4 is 11.1 Å². The van der Waals surface area contributed by atoms with Crippen molar-refractivity contribution in [2.75, 3.05) is 13.1 Å². The van der Waals surface area contributed by atoms with Gasteiger partial charge in [-0.3, -0.25) is 9.59 Å².